The lowest BCUT2D eigenvalue weighted by molar-refractivity contribution is 0.101. The number of ether oxygens (including phenoxy) is 1. The van der Waals surface area contributed by atoms with Crippen LogP contribution in [0.5, 0.6) is 5.75 Å². The maximum atomic E-state index is 11.9. The molecule has 0 heterocycles. The van der Waals surface area contributed by atoms with Gasteiger partial charge in [-0.2, -0.15) is 0 Å². The van der Waals surface area contributed by atoms with Crippen LogP contribution in [0, 0.1) is 20.8 Å². The van der Waals surface area contributed by atoms with Crippen molar-refractivity contribution in [2.45, 2.75) is 27.7 Å². The average molecular weight is 340 g/mol. The Labute approximate surface area is 148 Å². The van der Waals surface area contributed by atoms with E-state index >= 15 is 0 Å². The first-order chi connectivity index (χ1) is 11.9. The number of anilines is 1. The fourth-order valence-corrected chi connectivity index (χ4v) is 2.46. The number of carbonyl (C=O) groups excluding carboxylic acids is 2. The van der Waals surface area contributed by atoms with Gasteiger partial charge in [-0.25, -0.2) is 4.79 Å². The van der Waals surface area contributed by atoms with Crippen molar-refractivity contribution in [3.8, 4) is 5.75 Å². The summed E-state index contributed by atoms with van der Waals surface area (Å²) in [6.45, 7) is 8.33. The van der Waals surface area contributed by atoms with E-state index < -0.39 is 0 Å². The first kappa shape index (κ1) is 18.5. The summed E-state index contributed by atoms with van der Waals surface area (Å²) in [7, 11) is 0. The highest BCUT2D eigenvalue weighted by Gasteiger charge is 2.07. The van der Waals surface area contributed by atoms with Crippen molar-refractivity contribution in [1.82, 2.24) is 5.32 Å². The Morgan fingerprint density at radius 2 is 1.76 bits per heavy atom. The Hall–Kier alpha value is -2.82. The van der Waals surface area contributed by atoms with E-state index in [-0.39, 0.29) is 11.8 Å². The number of nitrogens with one attached hydrogen (secondary N) is 2. The molecule has 0 atom stereocenters. The van der Waals surface area contributed by atoms with Gasteiger partial charge in [-0.05, 0) is 56.5 Å². The third-order valence-electron chi connectivity index (χ3n) is 4.03. The van der Waals surface area contributed by atoms with Crippen LogP contribution in [0.15, 0.2) is 36.4 Å². The molecule has 0 spiro atoms. The number of ketones is 1. The molecule has 2 amide bonds. The summed E-state index contributed by atoms with van der Waals surface area (Å²) in [5, 5.41) is 5.45. The zero-order valence-corrected chi connectivity index (χ0v) is 15.1. The van der Waals surface area contributed by atoms with E-state index in [1.165, 1.54) is 12.5 Å². The van der Waals surface area contributed by atoms with Crippen molar-refractivity contribution in [3.63, 3.8) is 0 Å². The fraction of sp³-hybridized carbons (Fsp3) is 0.300. The summed E-state index contributed by atoms with van der Waals surface area (Å²) in [5.41, 5.74) is 4.51. The molecule has 0 aliphatic heterocycles. The molecule has 0 aliphatic rings. The summed E-state index contributed by atoms with van der Waals surface area (Å²) in [6.07, 6.45) is 0. The number of hydrogen-bond acceptors (Lipinski definition) is 3. The van der Waals surface area contributed by atoms with Crippen molar-refractivity contribution in [3.05, 3.63) is 58.7 Å². The molecule has 0 aliphatic carbocycles. The van der Waals surface area contributed by atoms with Gasteiger partial charge in [0.15, 0.2) is 5.78 Å². The molecular weight excluding hydrogens is 316 g/mol. The first-order valence-electron chi connectivity index (χ1n) is 8.24. The van der Waals surface area contributed by atoms with Gasteiger partial charge in [0.1, 0.15) is 12.4 Å². The smallest absolute Gasteiger partial charge is 0.319 e. The quantitative estimate of drug-likeness (QED) is 0.616. The molecule has 5 nitrogen and oxygen atoms in total. The Morgan fingerprint density at radius 1 is 1.04 bits per heavy atom. The van der Waals surface area contributed by atoms with E-state index in [1.807, 2.05) is 26.8 Å². The molecule has 0 saturated carbocycles. The molecule has 2 N–H and O–H groups in total. The van der Waals surface area contributed by atoms with Gasteiger partial charge in [0.05, 0.1) is 6.54 Å². The second-order valence-corrected chi connectivity index (χ2v) is 6.02. The molecule has 0 bridgehead atoms. The van der Waals surface area contributed by atoms with Crippen LogP contribution in [0.2, 0.25) is 0 Å². The number of carbonyl (C=O) groups is 2. The number of aryl methyl sites for hydroxylation is 2. The summed E-state index contributed by atoms with van der Waals surface area (Å²) in [6, 6.07) is 10.6. The predicted octanol–water partition coefficient (Wildman–Crippen LogP) is 4.01. The second-order valence-electron chi connectivity index (χ2n) is 6.02. The van der Waals surface area contributed by atoms with Crippen LogP contribution in [0.25, 0.3) is 0 Å². The van der Waals surface area contributed by atoms with Gasteiger partial charge in [-0.15, -0.1) is 0 Å². The monoisotopic (exact) mass is 340 g/mol. The second kappa shape index (κ2) is 8.33. The Kier molecular flexibility index (Phi) is 6.17. The van der Waals surface area contributed by atoms with E-state index in [0.29, 0.717) is 24.4 Å². The molecule has 0 unspecified atom stereocenters. The van der Waals surface area contributed by atoms with Gasteiger partial charge < -0.3 is 15.4 Å². The molecular formula is C20H24N2O3. The predicted molar refractivity (Wildman–Crippen MR) is 99.6 cm³/mol. The van der Waals surface area contributed by atoms with Crippen LogP contribution in [0.3, 0.4) is 0 Å². The van der Waals surface area contributed by atoms with Crippen molar-refractivity contribution in [2.24, 2.45) is 0 Å². The van der Waals surface area contributed by atoms with Crippen LogP contribution in [-0.4, -0.2) is 25.0 Å². The molecule has 25 heavy (non-hydrogen) atoms. The lowest BCUT2D eigenvalue weighted by atomic mass is 10.1. The molecule has 0 aromatic heterocycles. The maximum absolute atomic E-state index is 11.9. The minimum Gasteiger partial charge on any atom is -0.491 e. The lowest BCUT2D eigenvalue weighted by Crippen LogP contribution is -2.32. The van der Waals surface area contributed by atoms with Crippen LogP contribution in [-0.2, 0) is 0 Å². The van der Waals surface area contributed by atoms with Crippen molar-refractivity contribution < 1.29 is 14.3 Å². The van der Waals surface area contributed by atoms with E-state index in [9.17, 15) is 9.59 Å². The van der Waals surface area contributed by atoms with E-state index in [1.54, 1.807) is 24.3 Å². The van der Waals surface area contributed by atoms with Gasteiger partial charge >= 0.3 is 6.03 Å². The van der Waals surface area contributed by atoms with Crippen molar-refractivity contribution in [2.75, 3.05) is 18.5 Å². The number of Topliss-reactive ketones (excluding diaryl/α,β-unsaturated/α-hetero) is 1. The zero-order valence-electron chi connectivity index (χ0n) is 15.1. The van der Waals surface area contributed by atoms with Crippen molar-refractivity contribution >= 4 is 17.5 Å². The third kappa shape index (κ3) is 5.08. The van der Waals surface area contributed by atoms with Gasteiger partial charge in [0.2, 0.25) is 0 Å². The summed E-state index contributed by atoms with van der Waals surface area (Å²) in [5.74, 6) is 0.831. The molecule has 2 aromatic rings. The minimum absolute atomic E-state index is 0.0404. The molecule has 0 saturated heterocycles. The summed E-state index contributed by atoms with van der Waals surface area (Å²) < 4.78 is 5.81. The van der Waals surface area contributed by atoms with Crippen LogP contribution in [0.1, 0.15) is 34.0 Å². The highest BCUT2D eigenvalue weighted by Crippen LogP contribution is 2.25. The minimum atomic E-state index is -0.331. The topological polar surface area (TPSA) is 67.4 Å². The third-order valence-corrected chi connectivity index (χ3v) is 4.03. The number of urea groups is 1. The summed E-state index contributed by atoms with van der Waals surface area (Å²) >= 11 is 0. The normalized spacial score (nSPS) is 10.2. The number of rotatable bonds is 6. The first-order valence-corrected chi connectivity index (χ1v) is 8.24. The summed E-state index contributed by atoms with van der Waals surface area (Å²) in [4.78, 5) is 23.3. The molecule has 5 heteroatoms. The zero-order chi connectivity index (χ0) is 18.4. The molecule has 2 rings (SSSR count). The van der Waals surface area contributed by atoms with Gasteiger partial charge in [-0.3, -0.25) is 4.79 Å². The molecule has 0 radical (unpaired) electrons. The Bertz CT molecular complexity index is 785. The SMILES string of the molecule is CC(=O)c1cccc(NC(=O)NCCOc2c(C)ccc(C)c2C)c1. The standard InChI is InChI=1S/C20H24N2O3/c1-13-8-9-14(2)19(15(13)3)25-11-10-21-20(24)22-18-7-5-6-17(12-18)16(4)23/h5-9,12H,10-11H2,1-4H3,(H2,21,22,24). The molecule has 132 valence electrons. The number of amides is 2. The van der Waals surface area contributed by atoms with Crippen LogP contribution in [0.4, 0.5) is 10.5 Å². The number of benzene rings is 2. The largest absolute Gasteiger partial charge is 0.491 e. The van der Waals surface area contributed by atoms with E-state index in [0.717, 1.165) is 16.9 Å². The highest BCUT2D eigenvalue weighted by atomic mass is 16.5. The lowest BCUT2D eigenvalue weighted by Gasteiger charge is -2.14. The fourth-order valence-electron chi connectivity index (χ4n) is 2.46. The van der Waals surface area contributed by atoms with Gasteiger partial charge in [0, 0.05) is 11.3 Å². The van der Waals surface area contributed by atoms with Crippen LogP contribution >= 0.6 is 0 Å². The van der Waals surface area contributed by atoms with Gasteiger partial charge in [-0.1, -0.05) is 24.3 Å². The van der Waals surface area contributed by atoms with Gasteiger partial charge in [0.25, 0.3) is 0 Å². The Balaban J connectivity index is 1.82. The van der Waals surface area contributed by atoms with Crippen LogP contribution < -0.4 is 15.4 Å². The molecule has 2 aromatic carbocycles. The highest BCUT2D eigenvalue weighted by molar-refractivity contribution is 5.96. The maximum Gasteiger partial charge on any atom is 0.319 e. The van der Waals surface area contributed by atoms with Crippen molar-refractivity contribution in [1.29, 1.82) is 0 Å². The van der Waals surface area contributed by atoms with E-state index in [2.05, 4.69) is 16.7 Å². The Morgan fingerprint density at radius 3 is 2.48 bits per heavy atom. The molecule has 0 fully saturated rings. The number of hydrogen-bond donors (Lipinski definition) is 2. The average Bonchev–Trinajstić information content (AvgIpc) is 2.58. The van der Waals surface area contributed by atoms with E-state index in [4.69, 9.17) is 4.74 Å².